The van der Waals surface area contributed by atoms with Gasteiger partial charge in [-0.3, -0.25) is 0 Å². The van der Waals surface area contributed by atoms with E-state index in [4.69, 9.17) is 18.9 Å². The molecule has 110 valence electrons. The average Bonchev–Trinajstić information content (AvgIpc) is 2.54. The predicted molar refractivity (Wildman–Crippen MR) is 77.5 cm³/mol. The lowest BCUT2D eigenvalue weighted by molar-refractivity contribution is 0.0730. The zero-order valence-corrected chi connectivity index (χ0v) is 12.1. The maximum atomic E-state index is 12.2. The van der Waals surface area contributed by atoms with Crippen molar-refractivity contribution >= 4 is 5.97 Å². The van der Waals surface area contributed by atoms with Crippen LogP contribution in [0.5, 0.6) is 23.0 Å². The Kier molecular flexibility index (Phi) is 4.66. The molecule has 5 heteroatoms. The van der Waals surface area contributed by atoms with Gasteiger partial charge in [-0.15, -0.1) is 0 Å². The topological polar surface area (TPSA) is 54.0 Å². The molecule has 2 aromatic carbocycles. The lowest BCUT2D eigenvalue weighted by Gasteiger charge is -2.12. The highest BCUT2D eigenvalue weighted by molar-refractivity contribution is 5.95. The summed E-state index contributed by atoms with van der Waals surface area (Å²) in [5.74, 6) is 1.41. The minimum atomic E-state index is -0.518. The number of carbonyl (C=O) groups excluding carboxylic acids is 1. The van der Waals surface area contributed by atoms with Crippen LogP contribution in [0.3, 0.4) is 0 Å². The Morgan fingerprint density at radius 3 is 2.05 bits per heavy atom. The Labute approximate surface area is 123 Å². The van der Waals surface area contributed by atoms with Gasteiger partial charge in [-0.05, 0) is 36.4 Å². The first-order valence-corrected chi connectivity index (χ1v) is 6.26. The summed E-state index contributed by atoms with van der Waals surface area (Å²) in [6, 6.07) is 11.8. The number of methoxy groups -OCH3 is 3. The van der Waals surface area contributed by atoms with Gasteiger partial charge in [0.1, 0.15) is 17.1 Å². The number of hydrogen-bond donors (Lipinski definition) is 0. The van der Waals surface area contributed by atoms with Gasteiger partial charge in [0.05, 0.1) is 21.3 Å². The van der Waals surface area contributed by atoms with Gasteiger partial charge in [0.15, 0.2) is 11.5 Å². The molecule has 0 unspecified atom stereocenters. The molecule has 0 aliphatic rings. The molecule has 0 spiro atoms. The van der Waals surface area contributed by atoms with Gasteiger partial charge in [0.2, 0.25) is 0 Å². The lowest BCUT2D eigenvalue weighted by atomic mass is 10.2. The van der Waals surface area contributed by atoms with Crippen LogP contribution in [0.1, 0.15) is 10.4 Å². The average molecular weight is 288 g/mol. The Morgan fingerprint density at radius 1 is 0.810 bits per heavy atom. The van der Waals surface area contributed by atoms with E-state index in [0.717, 1.165) is 0 Å². The van der Waals surface area contributed by atoms with Gasteiger partial charge >= 0.3 is 5.97 Å². The Bertz CT molecular complexity index is 619. The molecule has 0 aliphatic carbocycles. The van der Waals surface area contributed by atoms with Crippen LogP contribution in [0, 0.1) is 0 Å². The van der Waals surface area contributed by atoms with Crippen LogP contribution in [-0.2, 0) is 0 Å². The third-order valence-electron chi connectivity index (χ3n) is 2.89. The van der Waals surface area contributed by atoms with E-state index in [-0.39, 0.29) is 0 Å². The van der Waals surface area contributed by atoms with Crippen LogP contribution in [-0.4, -0.2) is 27.3 Å². The van der Waals surface area contributed by atoms with Gasteiger partial charge in [-0.1, -0.05) is 6.07 Å². The first-order chi connectivity index (χ1) is 10.2. The van der Waals surface area contributed by atoms with Gasteiger partial charge in [0, 0.05) is 0 Å². The van der Waals surface area contributed by atoms with E-state index < -0.39 is 5.97 Å². The van der Waals surface area contributed by atoms with E-state index in [1.807, 2.05) is 0 Å². The van der Waals surface area contributed by atoms with Crippen molar-refractivity contribution < 1.29 is 23.7 Å². The summed E-state index contributed by atoms with van der Waals surface area (Å²) in [5.41, 5.74) is 0.299. The third kappa shape index (κ3) is 3.25. The third-order valence-corrected chi connectivity index (χ3v) is 2.89. The van der Waals surface area contributed by atoms with Crippen molar-refractivity contribution in [1.29, 1.82) is 0 Å². The van der Waals surface area contributed by atoms with E-state index in [1.54, 1.807) is 49.6 Å². The minimum Gasteiger partial charge on any atom is -0.497 e. The standard InChI is InChI=1S/C16H16O5/c1-18-11-7-9-12(10-8-11)21-16(17)13-5-4-6-14(19-2)15(13)20-3/h4-10H,1-3H3. The number of ether oxygens (including phenoxy) is 4. The van der Waals surface area contributed by atoms with Gasteiger partial charge < -0.3 is 18.9 Å². The molecule has 0 saturated heterocycles. The molecule has 2 aromatic rings. The van der Waals surface area contributed by atoms with Crippen molar-refractivity contribution in [2.45, 2.75) is 0 Å². The fourth-order valence-electron chi connectivity index (χ4n) is 1.85. The molecule has 0 N–H and O–H groups in total. The maximum absolute atomic E-state index is 12.2. The summed E-state index contributed by atoms with van der Waals surface area (Å²) in [4.78, 5) is 12.2. The maximum Gasteiger partial charge on any atom is 0.347 e. The molecule has 0 heterocycles. The summed E-state index contributed by atoms with van der Waals surface area (Å²) >= 11 is 0. The van der Waals surface area contributed by atoms with Crippen molar-refractivity contribution in [3.63, 3.8) is 0 Å². The molecule has 21 heavy (non-hydrogen) atoms. The molecule has 0 atom stereocenters. The second-order valence-corrected chi connectivity index (χ2v) is 4.11. The molecule has 5 nitrogen and oxygen atoms in total. The smallest absolute Gasteiger partial charge is 0.347 e. The van der Waals surface area contributed by atoms with E-state index in [2.05, 4.69) is 0 Å². The fraction of sp³-hybridized carbons (Fsp3) is 0.188. The second-order valence-electron chi connectivity index (χ2n) is 4.11. The van der Waals surface area contributed by atoms with Crippen LogP contribution in [0.2, 0.25) is 0 Å². The van der Waals surface area contributed by atoms with E-state index in [0.29, 0.717) is 28.6 Å². The predicted octanol–water partition coefficient (Wildman–Crippen LogP) is 2.93. The van der Waals surface area contributed by atoms with Crippen LogP contribution < -0.4 is 18.9 Å². The summed E-state index contributed by atoms with van der Waals surface area (Å²) < 4.78 is 20.7. The summed E-state index contributed by atoms with van der Waals surface area (Å²) in [7, 11) is 4.56. The van der Waals surface area contributed by atoms with Gasteiger partial charge in [-0.25, -0.2) is 4.79 Å². The first-order valence-electron chi connectivity index (χ1n) is 6.26. The van der Waals surface area contributed by atoms with Crippen LogP contribution in [0.15, 0.2) is 42.5 Å². The molecule has 0 amide bonds. The summed E-state index contributed by atoms with van der Waals surface area (Å²) in [5, 5.41) is 0. The van der Waals surface area contributed by atoms with E-state index in [1.165, 1.54) is 14.2 Å². The normalized spacial score (nSPS) is 9.86. The Balaban J connectivity index is 2.23. The van der Waals surface area contributed by atoms with E-state index >= 15 is 0 Å². The van der Waals surface area contributed by atoms with Gasteiger partial charge in [-0.2, -0.15) is 0 Å². The van der Waals surface area contributed by atoms with Crippen LogP contribution in [0.25, 0.3) is 0 Å². The Hall–Kier alpha value is -2.69. The molecule has 0 aliphatic heterocycles. The van der Waals surface area contributed by atoms with Crippen molar-refractivity contribution in [3.8, 4) is 23.0 Å². The molecule has 0 saturated carbocycles. The number of rotatable bonds is 5. The second kappa shape index (κ2) is 6.65. The summed E-state index contributed by atoms with van der Waals surface area (Å²) in [6.45, 7) is 0. The van der Waals surface area contributed by atoms with Crippen LogP contribution in [0.4, 0.5) is 0 Å². The number of para-hydroxylation sites is 1. The van der Waals surface area contributed by atoms with E-state index in [9.17, 15) is 4.79 Å². The monoisotopic (exact) mass is 288 g/mol. The first kappa shape index (κ1) is 14.7. The molecule has 0 aromatic heterocycles. The lowest BCUT2D eigenvalue weighted by Crippen LogP contribution is -2.10. The fourth-order valence-corrected chi connectivity index (χ4v) is 1.85. The molecular weight excluding hydrogens is 272 g/mol. The molecule has 0 radical (unpaired) electrons. The molecule has 2 rings (SSSR count). The Morgan fingerprint density at radius 2 is 1.48 bits per heavy atom. The molecule has 0 bridgehead atoms. The summed E-state index contributed by atoms with van der Waals surface area (Å²) in [6.07, 6.45) is 0. The van der Waals surface area contributed by atoms with Crippen molar-refractivity contribution in [1.82, 2.24) is 0 Å². The number of carbonyl (C=O) groups is 1. The zero-order valence-electron chi connectivity index (χ0n) is 12.1. The van der Waals surface area contributed by atoms with Crippen LogP contribution >= 0.6 is 0 Å². The number of benzene rings is 2. The quantitative estimate of drug-likeness (QED) is 0.625. The highest BCUT2D eigenvalue weighted by atomic mass is 16.5. The van der Waals surface area contributed by atoms with Crippen molar-refractivity contribution in [2.75, 3.05) is 21.3 Å². The molecule has 0 fully saturated rings. The van der Waals surface area contributed by atoms with Gasteiger partial charge in [0.25, 0.3) is 0 Å². The highest BCUT2D eigenvalue weighted by Crippen LogP contribution is 2.31. The molecular formula is C16H16O5. The largest absolute Gasteiger partial charge is 0.497 e. The highest BCUT2D eigenvalue weighted by Gasteiger charge is 2.18. The SMILES string of the molecule is COc1ccc(OC(=O)c2cccc(OC)c2OC)cc1. The zero-order chi connectivity index (χ0) is 15.2. The number of hydrogen-bond acceptors (Lipinski definition) is 5. The minimum absolute atomic E-state index is 0.299. The van der Waals surface area contributed by atoms with Crippen molar-refractivity contribution in [2.24, 2.45) is 0 Å². The van der Waals surface area contributed by atoms with Crippen molar-refractivity contribution in [3.05, 3.63) is 48.0 Å². The number of esters is 1.